The zero-order valence-electron chi connectivity index (χ0n) is 10.4. The number of likely N-dealkylation sites (tertiary alicyclic amines) is 1. The predicted molar refractivity (Wildman–Crippen MR) is 73.2 cm³/mol. The zero-order chi connectivity index (χ0) is 13.0. The molecule has 0 atom stereocenters. The average molecular weight is 313 g/mol. The molecule has 1 aromatic heterocycles. The summed E-state index contributed by atoms with van der Waals surface area (Å²) in [5, 5.41) is 1.02. The van der Waals surface area contributed by atoms with Gasteiger partial charge in [0.15, 0.2) is 0 Å². The maximum atomic E-state index is 12.4. The Morgan fingerprint density at radius 3 is 2.89 bits per heavy atom. The third-order valence-corrected chi connectivity index (χ3v) is 4.23. The Morgan fingerprint density at radius 2 is 2.28 bits per heavy atom. The quantitative estimate of drug-likeness (QED) is 0.805. The first kappa shape index (κ1) is 13.3. The summed E-state index contributed by atoms with van der Waals surface area (Å²) in [6, 6.07) is 3.53. The van der Waals surface area contributed by atoms with E-state index >= 15 is 0 Å². The number of halogens is 1. The van der Waals surface area contributed by atoms with E-state index in [0.717, 1.165) is 31.3 Å². The number of aromatic nitrogens is 1. The molecule has 4 nitrogen and oxygen atoms in total. The van der Waals surface area contributed by atoms with Crippen LogP contribution in [0.15, 0.2) is 18.3 Å². The van der Waals surface area contributed by atoms with Crippen LogP contribution in [0.4, 0.5) is 0 Å². The molecule has 5 heteroatoms. The lowest BCUT2D eigenvalue weighted by Gasteiger charge is -2.31. The van der Waals surface area contributed by atoms with E-state index < -0.39 is 0 Å². The Labute approximate surface area is 115 Å². The lowest BCUT2D eigenvalue weighted by Crippen LogP contribution is -2.39. The second kappa shape index (κ2) is 6.18. The van der Waals surface area contributed by atoms with E-state index in [1.807, 2.05) is 4.90 Å². The normalized spacial score (nSPS) is 16.7. The predicted octanol–water partition coefficient (Wildman–Crippen LogP) is 2.34. The number of ether oxygens (including phenoxy) is 1. The van der Waals surface area contributed by atoms with Crippen LogP contribution in [0.25, 0.3) is 0 Å². The van der Waals surface area contributed by atoms with Gasteiger partial charge in [0.25, 0.3) is 5.91 Å². The Bertz CT molecular complexity index is 417. The second-order valence-corrected chi connectivity index (χ2v) is 5.10. The molecule has 2 heterocycles. The van der Waals surface area contributed by atoms with Crippen molar-refractivity contribution in [2.75, 3.05) is 25.5 Å². The van der Waals surface area contributed by atoms with Gasteiger partial charge >= 0.3 is 0 Å². The fraction of sp³-hybridized carbons (Fsp3) is 0.538. The minimum Gasteiger partial charge on any atom is -0.480 e. The van der Waals surface area contributed by atoms with E-state index in [9.17, 15) is 4.79 Å². The molecular weight excluding hydrogens is 296 g/mol. The van der Waals surface area contributed by atoms with Crippen LogP contribution in [0.5, 0.6) is 5.88 Å². The highest BCUT2D eigenvalue weighted by Crippen LogP contribution is 2.22. The van der Waals surface area contributed by atoms with Gasteiger partial charge in [-0.1, -0.05) is 15.9 Å². The number of hydrogen-bond acceptors (Lipinski definition) is 3. The smallest absolute Gasteiger partial charge is 0.259 e. The fourth-order valence-electron chi connectivity index (χ4n) is 2.18. The largest absolute Gasteiger partial charge is 0.480 e. The van der Waals surface area contributed by atoms with E-state index in [-0.39, 0.29) is 5.91 Å². The van der Waals surface area contributed by atoms with Crippen LogP contribution >= 0.6 is 15.9 Å². The number of pyridine rings is 1. The zero-order valence-corrected chi connectivity index (χ0v) is 12.0. The monoisotopic (exact) mass is 312 g/mol. The summed E-state index contributed by atoms with van der Waals surface area (Å²) in [7, 11) is 1.54. The molecule has 1 saturated heterocycles. The SMILES string of the molecule is COc1ncccc1C(=O)N1CCC(CBr)CC1. The number of amides is 1. The molecule has 1 amide bonds. The Hall–Kier alpha value is -1.10. The summed E-state index contributed by atoms with van der Waals surface area (Å²) >= 11 is 3.50. The Kier molecular flexibility index (Phi) is 4.58. The van der Waals surface area contributed by atoms with Crippen molar-refractivity contribution in [2.24, 2.45) is 5.92 Å². The van der Waals surface area contributed by atoms with Crippen LogP contribution in [0, 0.1) is 5.92 Å². The fourth-order valence-corrected chi connectivity index (χ4v) is 2.82. The van der Waals surface area contributed by atoms with Crippen molar-refractivity contribution in [2.45, 2.75) is 12.8 Å². The van der Waals surface area contributed by atoms with Crippen LogP contribution in [0.2, 0.25) is 0 Å². The lowest BCUT2D eigenvalue weighted by molar-refractivity contribution is 0.0695. The molecular formula is C13H17BrN2O2. The van der Waals surface area contributed by atoms with Crippen molar-refractivity contribution in [1.82, 2.24) is 9.88 Å². The number of piperidine rings is 1. The van der Waals surface area contributed by atoms with Crippen LogP contribution in [0.1, 0.15) is 23.2 Å². The van der Waals surface area contributed by atoms with E-state index in [2.05, 4.69) is 20.9 Å². The van der Waals surface area contributed by atoms with Gasteiger partial charge in [0.2, 0.25) is 5.88 Å². The molecule has 1 aliphatic rings. The van der Waals surface area contributed by atoms with E-state index in [1.54, 1.807) is 18.3 Å². The highest BCUT2D eigenvalue weighted by Gasteiger charge is 2.25. The third-order valence-electron chi connectivity index (χ3n) is 3.31. The van der Waals surface area contributed by atoms with Crippen LogP contribution in [0.3, 0.4) is 0 Å². The van der Waals surface area contributed by atoms with Crippen LogP contribution in [-0.4, -0.2) is 41.3 Å². The molecule has 0 spiro atoms. The van der Waals surface area contributed by atoms with Gasteiger partial charge < -0.3 is 9.64 Å². The molecule has 1 aliphatic heterocycles. The maximum absolute atomic E-state index is 12.4. The molecule has 0 saturated carbocycles. The summed E-state index contributed by atoms with van der Waals surface area (Å²) in [6.07, 6.45) is 3.74. The van der Waals surface area contributed by atoms with Gasteiger partial charge in [-0.15, -0.1) is 0 Å². The first-order chi connectivity index (χ1) is 8.76. The van der Waals surface area contributed by atoms with E-state index in [1.165, 1.54) is 7.11 Å². The highest BCUT2D eigenvalue weighted by molar-refractivity contribution is 9.09. The summed E-state index contributed by atoms with van der Waals surface area (Å²) in [4.78, 5) is 18.3. The molecule has 0 N–H and O–H groups in total. The van der Waals surface area contributed by atoms with Gasteiger partial charge in [-0.05, 0) is 30.9 Å². The second-order valence-electron chi connectivity index (χ2n) is 4.45. The molecule has 98 valence electrons. The van der Waals surface area contributed by atoms with Crippen molar-refractivity contribution in [3.05, 3.63) is 23.9 Å². The first-order valence-electron chi connectivity index (χ1n) is 6.10. The molecule has 0 unspecified atom stereocenters. The van der Waals surface area contributed by atoms with Crippen molar-refractivity contribution < 1.29 is 9.53 Å². The Morgan fingerprint density at radius 1 is 1.56 bits per heavy atom. The van der Waals surface area contributed by atoms with Crippen LogP contribution in [-0.2, 0) is 0 Å². The first-order valence-corrected chi connectivity index (χ1v) is 7.22. The molecule has 0 aromatic carbocycles. The molecule has 1 fully saturated rings. The van der Waals surface area contributed by atoms with Gasteiger partial charge in [0, 0.05) is 24.6 Å². The molecule has 1 aromatic rings. The average Bonchev–Trinajstić information content (AvgIpc) is 2.46. The van der Waals surface area contributed by atoms with Crippen molar-refractivity contribution in [3.8, 4) is 5.88 Å². The number of rotatable bonds is 3. The minimum atomic E-state index is 0.0213. The van der Waals surface area contributed by atoms with E-state index in [0.29, 0.717) is 17.4 Å². The molecule has 2 rings (SSSR count). The minimum absolute atomic E-state index is 0.0213. The summed E-state index contributed by atoms with van der Waals surface area (Å²) in [5.74, 6) is 1.11. The summed E-state index contributed by atoms with van der Waals surface area (Å²) in [5.41, 5.74) is 0.553. The maximum Gasteiger partial charge on any atom is 0.259 e. The topological polar surface area (TPSA) is 42.4 Å². The number of alkyl halides is 1. The highest BCUT2D eigenvalue weighted by atomic mass is 79.9. The number of carbonyl (C=O) groups excluding carboxylic acids is 1. The van der Waals surface area contributed by atoms with Crippen molar-refractivity contribution in [3.63, 3.8) is 0 Å². The Balaban J connectivity index is 2.08. The number of methoxy groups -OCH3 is 1. The van der Waals surface area contributed by atoms with Gasteiger partial charge in [-0.25, -0.2) is 4.98 Å². The molecule has 0 bridgehead atoms. The lowest BCUT2D eigenvalue weighted by atomic mass is 9.98. The van der Waals surface area contributed by atoms with Crippen molar-refractivity contribution >= 4 is 21.8 Å². The van der Waals surface area contributed by atoms with Gasteiger partial charge in [-0.3, -0.25) is 4.79 Å². The number of nitrogens with zero attached hydrogens (tertiary/aromatic N) is 2. The third kappa shape index (κ3) is 2.83. The van der Waals surface area contributed by atoms with Gasteiger partial charge in [-0.2, -0.15) is 0 Å². The van der Waals surface area contributed by atoms with Crippen molar-refractivity contribution in [1.29, 1.82) is 0 Å². The van der Waals surface area contributed by atoms with E-state index in [4.69, 9.17) is 4.74 Å². The summed E-state index contributed by atoms with van der Waals surface area (Å²) in [6.45, 7) is 1.63. The van der Waals surface area contributed by atoms with Gasteiger partial charge in [0.05, 0.1) is 7.11 Å². The number of hydrogen-bond donors (Lipinski definition) is 0. The standard InChI is InChI=1S/C13H17BrN2O2/c1-18-12-11(3-2-6-15-12)13(17)16-7-4-10(9-14)5-8-16/h2-3,6,10H,4-5,7-9H2,1H3. The molecule has 0 radical (unpaired) electrons. The molecule has 18 heavy (non-hydrogen) atoms. The molecule has 0 aliphatic carbocycles. The number of carbonyl (C=O) groups is 1. The van der Waals surface area contributed by atoms with Crippen LogP contribution < -0.4 is 4.74 Å². The van der Waals surface area contributed by atoms with Gasteiger partial charge in [0.1, 0.15) is 5.56 Å². The summed E-state index contributed by atoms with van der Waals surface area (Å²) < 4.78 is 5.13.